The summed E-state index contributed by atoms with van der Waals surface area (Å²) < 4.78 is 0. The standard InChI is InChI=1S/C13H27N3/c1-12(2)16-10-4-3-6-13(16)15-9-5-7-14-8-11-15/h12-14H,3-11H2,1-2H3. The van der Waals surface area contributed by atoms with Gasteiger partial charge in [0.25, 0.3) is 0 Å². The molecule has 0 bridgehead atoms. The van der Waals surface area contributed by atoms with E-state index in [9.17, 15) is 0 Å². The van der Waals surface area contributed by atoms with Gasteiger partial charge in [-0.1, -0.05) is 0 Å². The summed E-state index contributed by atoms with van der Waals surface area (Å²) in [5.74, 6) is 0. The molecule has 0 aromatic rings. The average Bonchev–Trinajstić information content (AvgIpc) is 2.57. The highest BCUT2D eigenvalue weighted by Gasteiger charge is 2.29. The van der Waals surface area contributed by atoms with E-state index < -0.39 is 0 Å². The molecule has 0 amide bonds. The van der Waals surface area contributed by atoms with E-state index in [1.807, 2.05) is 0 Å². The first-order valence-corrected chi connectivity index (χ1v) is 6.99. The Hall–Kier alpha value is -0.120. The van der Waals surface area contributed by atoms with Crippen molar-refractivity contribution in [2.75, 3.05) is 32.7 Å². The molecule has 16 heavy (non-hydrogen) atoms. The first-order valence-electron chi connectivity index (χ1n) is 6.99. The fourth-order valence-corrected chi connectivity index (χ4v) is 3.10. The van der Waals surface area contributed by atoms with E-state index in [1.165, 1.54) is 58.4 Å². The molecule has 2 aliphatic rings. The lowest BCUT2D eigenvalue weighted by molar-refractivity contribution is -0.00288. The van der Waals surface area contributed by atoms with Crippen LogP contribution in [0.3, 0.4) is 0 Å². The number of hydrogen-bond acceptors (Lipinski definition) is 3. The molecule has 94 valence electrons. The van der Waals surface area contributed by atoms with E-state index in [1.54, 1.807) is 0 Å². The molecule has 2 rings (SSSR count). The van der Waals surface area contributed by atoms with Crippen molar-refractivity contribution >= 4 is 0 Å². The molecular weight excluding hydrogens is 198 g/mol. The van der Waals surface area contributed by atoms with E-state index in [4.69, 9.17) is 0 Å². The maximum Gasteiger partial charge on any atom is 0.0625 e. The SMILES string of the molecule is CC(C)N1CCCCC1N1CCCNCC1. The zero-order valence-corrected chi connectivity index (χ0v) is 10.9. The van der Waals surface area contributed by atoms with E-state index in [2.05, 4.69) is 29.0 Å². The topological polar surface area (TPSA) is 18.5 Å². The average molecular weight is 225 g/mol. The van der Waals surface area contributed by atoms with Crippen LogP contribution in [0.4, 0.5) is 0 Å². The summed E-state index contributed by atoms with van der Waals surface area (Å²) in [5.41, 5.74) is 0. The fourth-order valence-electron chi connectivity index (χ4n) is 3.10. The van der Waals surface area contributed by atoms with Crippen molar-refractivity contribution in [2.45, 2.75) is 51.7 Å². The van der Waals surface area contributed by atoms with Crippen molar-refractivity contribution in [1.29, 1.82) is 0 Å². The summed E-state index contributed by atoms with van der Waals surface area (Å²) in [6, 6.07) is 0.696. The maximum atomic E-state index is 3.50. The summed E-state index contributed by atoms with van der Waals surface area (Å²) in [6.45, 7) is 10.9. The van der Waals surface area contributed by atoms with Crippen molar-refractivity contribution in [3.8, 4) is 0 Å². The zero-order chi connectivity index (χ0) is 11.4. The second kappa shape index (κ2) is 5.99. The Balaban J connectivity index is 1.97. The predicted molar refractivity (Wildman–Crippen MR) is 68.5 cm³/mol. The lowest BCUT2D eigenvalue weighted by Crippen LogP contribution is -2.54. The van der Waals surface area contributed by atoms with Crippen molar-refractivity contribution in [2.24, 2.45) is 0 Å². The lowest BCUT2D eigenvalue weighted by atomic mass is 10.0. The van der Waals surface area contributed by atoms with Gasteiger partial charge in [-0.3, -0.25) is 9.80 Å². The Labute approximate surface area is 100 Å². The predicted octanol–water partition coefficient (Wildman–Crippen LogP) is 1.50. The smallest absolute Gasteiger partial charge is 0.0625 e. The van der Waals surface area contributed by atoms with E-state index in [0.717, 1.165) is 0 Å². The van der Waals surface area contributed by atoms with Gasteiger partial charge < -0.3 is 5.32 Å². The normalized spacial score (nSPS) is 30.6. The molecule has 0 aromatic carbocycles. The van der Waals surface area contributed by atoms with Crippen LogP contribution in [0.5, 0.6) is 0 Å². The maximum absolute atomic E-state index is 3.50. The summed E-state index contributed by atoms with van der Waals surface area (Å²) in [7, 11) is 0. The van der Waals surface area contributed by atoms with Crippen LogP contribution in [-0.4, -0.2) is 54.7 Å². The molecule has 2 saturated heterocycles. The molecule has 1 unspecified atom stereocenters. The van der Waals surface area contributed by atoms with Crippen molar-refractivity contribution in [1.82, 2.24) is 15.1 Å². The Kier molecular flexibility index (Phi) is 4.62. The van der Waals surface area contributed by atoms with E-state index >= 15 is 0 Å². The number of nitrogens with zero attached hydrogens (tertiary/aromatic N) is 2. The van der Waals surface area contributed by atoms with Crippen LogP contribution in [0.25, 0.3) is 0 Å². The minimum Gasteiger partial charge on any atom is -0.315 e. The molecule has 3 heteroatoms. The Morgan fingerprint density at radius 1 is 1.00 bits per heavy atom. The third-order valence-electron chi connectivity index (χ3n) is 3.97. The van der Waals surface area contributed by atoms with Crippen LogP contribution in [0.1, 0.15) is 39.5 Å². The molecule has 0 aromatic heterocycles. The highest BCUT2D eigenvalue weighted by Crippen LogP contribution is 2.22. The van der Waals surface area contributed by atoms with Gasteiger partial charge in [-0.05, 0) is 52.6 Å². The monoisotopic (exact) mass is 225 g/mol. The molecule has 0 saturated carbocycles. The van der Waals surface area contributed by atoms with Crippen LogP contribution >= 0.6 is 0 Å². The van der Waals surface area contributed by atoms with Crippen molar-refractivity contribution in [3.63, 3.8) is 0 Å². The number of likely N-dealkylation sites (tertiary alicyclic amines) is 1. The van der Waals surface area contributed by atoms with Crippen LogP contribution < -0.4 is 5.32 Å². The summed E-state index contributed by atoms with van der Waals surface area (Å²) in [6.07, 6.45) is 6.20. The van der Waals surface area contributed by atoms with Crippen LogP contribution in [0.2, 0.25) is 0 Å². The minimum absolute atomic E-state index is 0.696. The quantitative estimate of drug-likeness (QED) is 0.768. The van der Waals surface area contributed by atoms with Gasteiger partial charge in [-0.25, -0.2) is 0 Å². The van der Waals surface area contributed by atoms with Crippen molar-refractivity contribution in [3.05, 3.63) is 0 Å². The summed E-state index contributed by atoms with van der Waals surface area (Å²) in [4.78, 5) is 5.41. The van der Waals surface area contributed by atoms with Gasteiger partial charge in [-0.2, -0.15) is 0 Å². The molecule has 1 atom stereocenters. The molecule has 2 aliphatic heterocycles. The Morgan fingerprint density at radius 3 is 2.69 bits per heavy atom. The molecule has 0 radical (unpaired) electrons. The summed E-state index contributed by atoms with van der Waals surface area (Å²) >= 11 is 0. The number of hydrogen-bond donors (Lipinski definition) is 1. The highest BCUT2D eigenvalue weighted by molar-refractivity contribution is 4.81. The van der Waals surface area contributed by atoms with Gasteiger partial charge in [0.15, 0.2) is 0 Å². The van der Waals surface area contributed by atoms with Crippen LogP contribution in [0, 0.1) is 0 Å². The molecule has 0 spiro atoms. The van der Waals surface area contributed by atoms with Crippen LogP contribution in [-0.2, 0) is 0 Å². The molecule has 3 nitrogen and oxygen atoms in total. The van der Waals surface area contributed by atoms with Crippen molar-refractivity contribution < 1.29 is 0 Å². The summed E-state index contributed by atoms with van der Waals surface area (Å²) in [5, 5.41) is 3.50. The van der Waals surface area contributed by atoms with Gasteiger partial charge in [0, 0.05) is 25.7 Å². The molecule has 2 heterocycles. The van der Waals surface area contributed by atoms with Gasteiger partial charge in [0.05, 0.1) is 6.17 Å². The molecule has 1 N–H and O–H groups in total. The third kappa shape index (κ3) is 2.96. The fraction of sp³-hybridized carbons (Fsp3) is 1.00. The lowest BCUT2D eigenvalue weighted by Gasteiger charge is -2.44. The van der Waals surface area contributed by atoms with Gasteiger partial charge in [0.1, 0.15) is 0 Å². The van der Waals surface area contributed by atoms with E-state index in [-0.39, 0.29) is 0 Å². The first-order chi connectivity index (χ1) is 7.79. The number of rotatable bonds is 2. The number of nitrogens with one attached hydrogen (secondary N) is 1. The minimum atomic E-state index is 0.696. The Bertz CT molecular complexity index is 197. The van der Waals surface area contributed by atoms with Gasteiger partial charge in [0.2, 0.25) is 0 Å². The highest BCUT2D eigenvalue weighted by atomic mass is 15.4. The first kappa shape index (κ1) is 12.3. The van der Waals surface area contributed by atoms with Gasteiger partial charge in [-0.15, -0.1) is 0 Å². The largest absolute Gasteiger partial charge is 0.315 e. The Morgan fingerprint density at radius 2 is 1.88 bits per heavy atom. The second-order valence-electron chi connectivity index (χ2n) is 5.45. The molecular formula is C13H27N3. The molecule has 2 fully saturated rings. The third-order valence-corrected chi connectivity index (χ3v) is 3.97. The van der Waals surface area contributed by atoms with E-state index in [0.29, 0.717) is 12.2 Å². The second-order valence-corrected chi connectivity index (χ2v) is 5.45. The zero-order valence-electron chi connectivity index (χ0n) is 10.9. The molecule has 0 aliphatic carbocycles. The van der Waals surface area contributed by atoms with Crippen LogP contribution in [0.15, 0.2) is 0 Å². The van der Waals surface area contributed by atoms with Gasteiger partial charge >= 0.3 is 0 Å². The number of piperidine rings is 1.